The summed E-state index contributed by atoms with van der Waals surface area (Å²) in [6.45, 7) is 7.08. The fraction of sp³-hybridized carbons (Fsp3) is 0.480. The Kier molecular flexibility index (Phi) is 5.45. The summed E-state index contributed by atoms with van der Waals surface area (Å²) in [7, 11) is 0. The summed E-state index contributed by atoms with van der Waals surface area (Å²) in [5.41, 5.74) is 1.96. The zero-order valence-electron chi connectivity index (χ0n) is 19.8. The maximum Gasteiger partial charge on any atom is 0.416 e. The second-order valence-electron chi connectivity index (χ2n) is 9.69. The van der Waals surface area contributed by atoms with E-state index in [0.717, 1.165) is 46.7 Å². The van der Waals surface area contributed by atoms with Crippen molar-refractivity contribution < 1.29 is 32.2 Å². The van der Waals surface area contributed by atoms with Gasteiger partial charge in [0.25, 0.3) is 11.8 Å². The van der Waals surface area contributed by atoms with Gasteiger partial charge in [-0.1, -0.05) is 12.1 Å². The van der Waals surface area contributed by atoms with E-state index in [-0.39, 0.29) is 11.5 Å². The van der Waals surface area contributed by atoms with Crippen molar-refractivity contribution in [2.45, 2.75) is 70.7 Å². The molecule has 0 N–H and O–H groups in total. The molecule has 2 amide bonds. The van der Waals surface area contributed by atoms with Gasteiger partial charge in [-0.2, -0.15) is 13.2 Å². The van der Waals surface area contributed by atoms with Crippen molar-refractivity contribution >= 4 is 23.3 Å². The minimum atomic E-state index is -4.64. The zero-order valence-corrected chi connectivity index (χ0v) is 19.8. The maximum absolute atomic E-state index is 14.1. The average Bonchev–Trinajstić information content (AvgIpc) is 3.22. The monoisotopic (exact) mass is 489 g/mol. The quantitative estimate of drug-likeness (QED) is 0.639. The molecule has 0 spiro atoms. The molecule has 2 aromatic rings. The lowest BCUT2D eigenvalue weighted by atomic mass is 9.96. The number of benzene rings is 1. The lowest BCUT2D eigenvalue weighted by molar-refractivity contribution is -0.161. The number of rotatable bonds is 2. The summed E-state index contributed by atoms with van der Waals surface area (Å²) in [6, 6.07) is 6.15. The van der Waals surface area contributed by atoms with Gasteiger partial charge >= 0.3 is 6.18 Å². The second-order valence-corrected chi connectivity index (χ2v) is 9.69. The van der Waals surface area contributed by atoms with Gasteiger partial charge in [0.1, 0.15) is 18.0 Å². The Balaban J connectivity index is 1.61. The predicted octanol–water partition coefficient (Wildman–Crippen LogP) is 3.93. The van der Waals surface area contributed by atoms with Gasteiger partial charge in [0, 0.05) is 17.9 Å². The minimum Gasteiger partial charge on any atom is -0.341 e. The van der Waals surface area contributed by atoms with E-state index in [2.05, 4.69) is 4.98 Å². The number of aryl methyl sites for hydroxylation is 2. The average molecular weight is 489 g/mol. The number of carbonyl (C=O) groups excluding carboxylic acids is 2. The van der Waals surface area contributed by atoms with Gasteiger partial charge in [-0.05, 0) is 69.9 Å². The number of anilines is 2. The van der Waals surface area contributed by atoms with Gasteiger partial charge < -0.3 is 14.4 Å². The topological polar surface area (TPSA) is 72.0 Å². The molecular formula is C25H26F3N3O4. The van der Waals surface area contributed by atoms with E-state index in [1.165, 1.54) is 6.92 Å². The number of nitrogens with zero attached hydrogens (tertiary/aromatic N) is 3. The van der Waals surface area contributed by atoms with Crippen molar-refractivity contribution in [3.8, 4) is 0 Å². The number of pyridine rings is 1. The first-order chi connectivity index (χ1) is 16.4. The third-order valence-electron chi connectivity index (χ3n) is 6.72. The van der Waals surface area contributed by atoms with Crippen LogP contribution in [0.3, 0.4) is 0 Å². The molecule has 2 fully saturated rings. The molecule has 3 aliphatic rings. The Morgan fingerprint density at radius 3 is 2.63 bits per heavy atom. The van der Waals surface area contributed by atoms with Gasteiger partial charge in [0.15, 0.2) is 11.9 Å². The highest BCUT2D eigenvalue weighted by atomic mass is 19.4. The van der Waals surface area contributed by atoms with Crippen LogP contribution in [0.1, 0.15) is 42.7 Å². The van der Waals surface area contributed by atoms with Crippen molar-refractivity contribution in [3.05, 3.63) is 52.7 Å². The lowest BCUT2D eigenvalue weighted by Gasteiger charge is -2.36. The van der Waals surface area contributed by atoms with Crippen LogP contribution in [0.25, 0.3) is 0 Å². The molecule has 2 saturated heterocycles. The Bertz CT molecular complexity index is 1210. The number of halogens is 3. The van der Waals surface area contributed by atoms with E-state index in [4.69, 9.17) is 9.47 Å². The van der Waals surface area contributed by atoms with Gasteiger partial charge in [0.05, 0.1) is 5.56 Å². The van der Waals surface area contributed by atoms with E-state index in [9.17, 15) is 22.8 Å². The molecule has 0 unspecified atom stereocenters. The van der Waals surface area contributed by atoms with Crippen LogP contribution in [-0.2, 0) is 31.7 Å². The molecule has 10 heteroatoms. The van der Waals surface area contributed by atoms with Crippen LogP contribution in [0, 0.1) is 13.8 Å². The summed E-state index contributed by atoms with van der Waals surface area (Å²) in [6.07, 6.45) is -5.22. The fourth-order valence-corrected chi connectivity index (χ4v) is 5.26. The molecule has 7 nitrogen and oxygen atoms in total. The molecule has 5 rings (SSSR count). The number of carbonyl (C=O) groups is 2. The third kappa shape index (κ3) is 3.98. The minimum absolute atomic E-state index is 0.0759. The first kappa shape index (κ1) is 23.7. The molecule has 4 heterocycles. The smallest absolute Gasteiger partial charge is 0.341 e. The molecular weight excluding hydrogens is 463 g/mol. The third-order valence-corrected chi connectivity index (χ3v) is 6.72. The van der Waals surface area contributed by atoms with Crippen LogP contribution in [0.15, 0.2) is 30.3 Å². The largest absolute Gasteiger partial charge is 0.416 e. The molecule has 35 heavy (non-hydrogen) atoms. The summed E-state index contributed by atoms with van der Waals surface area (Å²) in [5.74, 6) is -2.45. The van der Waals surface area contributed by atoms with Gasteiger partial charge in [-0.25, -0.2) is 4.98 Å². The highest BCUT2D eigenvalue weighted by Gasteiger charge is 2.61. The van der Waals surface area contributed by atoms with E-state index in [1.807, 2.05) is 25.1 Å². The predicted molar refractivity (Wildman–Crippen MR) is 121 cm³/mol. The van der Waals surface area contributed by atoms with Crippen LogP contribution in [0.5, 0.6) is 0 Å². The normalized spacial score (nSPS) is 25.6. The van der Waals surface area contributed by atoms with Gasteiger partial charge in [-0.15, -0.1) is 0 Å². The summed E-state index contributed by atoms with van der Waals surface area (Å²) in [5, 5.41) is 0. The molecule has 1 aromatic carbocycles. The van der Waals surface area contributed by atoms with Crippen LogP contribution in [-0.4, -0.2) is 47.4 Å². The van der Waals surface area contributed by atoms with E-state index in [1.54, 1.807) is 18.7 Å². The number of ether oxygens (including phenoxy) is 2. The Morgan fingerprint density at radius 2 is 1.91 bits per heavy atom. The highest BCUT2D eigenvalue weighted by Crippen LogP contribution is 2.42. The van der Waals surface area contributed by atoms with Crippen LogP contribution >= 0.6 is 0 Å². The molecule has 3 aliphatic heterocycles. The highest BCUT2D eigenvalue weighted by molar-refractivity contribution is 6.11. The number of amides is 2. The zero-order chi connectivity index (χ0) is 25.3. The maximum atomic E-state index is 14.1. The van der Waals surface area contributed by atoms with Crippen LogP contribution < -0.4 is 9.80 Å². The van der Waals surface area contributed by atoms with Crippen molar-refractivity contribution in [1.29, 1.82) is 0 Å². The summed E-state index contributed by atoms with van der Waals surface area (Å²) >= 11 is 0. The fourth-order valence-electron chi connectivity index (χ4n) is 5.26. The Labute approximate surface area is 200 Å². The number of hydrogen-bond donors (Lipinski definition) is 0. The van der Waals surface area contributed by atoms with E-state index >= 15 is 0 Å². The van der Waals surface area contributed by atoms with Crippen molar-refractivity contribution in [1.82, 2.24) is 4.98 Å². The number of alkyl halides is 3. The SMILES string of the molecule is Cc1cc(C(F)(F)F)cc(N2C(=O)[C@H]3OC(C)(C)O[C@H]3[C@H]2C(=O)N2CCCc3c(C)cccc32)n1. The number of hydrogen-bond acceptors (Lipinski definition) is 5. The Hall–Kier alpha value is -2.98. The van der Waals surface area contributed by atoms with Crippen molar-refractivity contribution in [2.24, 2.45) is 0 Å². The molecule has 1 aromatic heterocycles. The summed E-state index contributed by atoms with van der Waals surface area (Å²) in [4.78, 5) is 34.4. The molecule has 3 atom stereocenters. The van der Waals surface area contributed by atoms with E-state index in [0.29, 0.717) is 6.54 Å². The van der Waals surface area contributed by atoms with Gasteiger partial charge in [-0.3, -0.25) is 14.5 Å². The van der Waals surface area contributed by atoms with Crippen LogP contribution in [0.2, 0.25) is 0 Å². The first-order valence-corrected chi connectivity index (χ1v) is 11.5. The lowest BCUT2D eigenvalue weighted by Crippen LogP contribution is -2.53. The van der Waals surface area contributed by atoms with Crippen LogP contribution in [0.4, 0.5) is 24.7 Å². The molecule has 0 radical (unpaired) electrons. The molecule has 0 bridgehead atoms. The Morgan fingerprint density at radius 1 is 1.17 bits per heavy atom. The first-order valence-electron chi connectivity index (χ1n) is 11.5. The van der Waals surface area contributed by atoms with Crippen molar-refractivity contribution in [2.75, 3.05) is 16.3 Å². The molecule has 0 saturated carbocycles. The van der Waals surface area contributed by atoms with Crippen molar-refractivity contribution in [3.63, 3.8) is 0 Å². The van der Waals surface area contributed by atoms with E-state index < -0.39 is 47.6 Å². The summed E-state index contributed by atoms with van der Waals surface area (Å²) < 4.78 is 52.4. The second kappa shape index (κ2) is 8.03. The number of aromatic nitrogens is 1. The number of fused-ring (bicyclic) bond motifs is 2. The standard InChI is InChI=1S/C25H26F3N3O4/c1-13-7-5-9-17-16(13)8-6-10-30(17)22(32)19-20-21(35-24(3,4)34-20)23(33)31(19)18-12-15(25(26,27)28)11-14(2)29-18/h5,7,9,11-12,19-21H,6,8,10H2,1-4H3/t19-,20-,21-/m0/s1. The van der Waals surface area contributed by atoms with Gasteiger partial charge in [0.2, 0.25) is 0 Å². The molecule has 0 aliphatic carbocycles. The molecule has 186 valence electrons.